The zero-order valence-electron chi connectivity index (χ0n) is 9.20. The van der Waals surface area contributed by atoms with Crippen LogP contribution >= 0.6 is 0 Å². The number of aliphatic hydroxyl groups is 1. The van der Waals surface area contributed by atoms with Gasteiger partial charge in [0.2, 0.25) is 0 Å². The molecule has 4 atom stereocenters. The van der Waals surface area contributed by atoms with E-state index in [0.29, 0.717) is 5.92 Å². The van der Waals surface area contributed by atoms with Crippen LogP contribution in [0.4, 0.5) is 0 Å². The van der Waals surface area contributed by atoms with E-state index in [4.69, 9.17) is 5.26 Å². The van der Waals surface area contributed by atoms with Crippen LogP contribution < -0.4 is 0 Å². The van der Waals surface area contributed by atoms with Gasteiger partial charge in [-0.25, -0.2) is 0 Å². The highest BCUT2D eigenvalue weighted by atomic mass is 16.3. The van der Waals surface area contributed by atoms with Crippen molar-refractivity contribution < 1.29 is 5.11 Å². The van der Waals surface area contributed by atoms with Gasteiger partial charge in [-0.1, -0.05) is 18.6 Å². The molecule has 0 aromatic carbocycles. The highest BCUT2D eigenvalue weighted by Crippen LogP contribution is 2.32. The minimum atomic E-state index is -0.467. The molecular weight excluding hydrogens is 174 g/mol. The molecule has 0 heterocycles. The molecule has 0 saturated heterocycles. The third-order valence-electron chi connectivity index (χ3n) is 3.03. The first kappa shape index (κ1) is 11.3. The molecule has 4 unspecified atom stereocenters. The van der Waals surface area contributed by atoms with E-state index < -0.39 is 6.10 Å². The van der Waals surface area contributed by atoms with Crippen molar-refractivity contribution in [3.05, 3.63) is 11.6 Å². The molecule has 2 nitrogen and oxygen atoms in total. The van der Waals surface area contributed by atoms with Gasteiger partial charge >= 0.3 is 0 Å². The first-order chi connectivity index (χ1) is 6.54. The molecule has 0 saturated carbocycles. The van der Waals surface area contributed by atoms with Gasteiger partial charge < -0.3 is 5.11 Å². The van der Waals surface area contributed by atoms with E-state index in [1.807, 2.05) is 0 Å². The summed E-state index contributed by atoms with van der Waals surface area (Å²) in [4.78, 5) is 0. The number of rotatable bonds is 2. The Morgan fingerprint density at radius 1 is 1.64 bits per heavy atom. The standard InChI is InChI=1S/C12H19NO/c1-8-4-9(2)6-11(5-8)12(14)10(3)7-13/h4,8,10-12,14H,5-6H2,1-3H3. The second-order valence-electron chi connectivity index (χ2n) is 4.60. The van der Waals surface area contributed by atoms with Crippen molar-refractivity contribution in [1.29, 1.82) is 5.26 Å². The summed E-state index contributed by atoms with van der Waals surface area (Å²) in [6, 6.07) is 2.12. The lowest BCUT2D eigenvalue weighted by molar-refractivity contribution is 0.0651. The Morgan fingerprint density at radius 3 is 2.79 bits per heavy atom. The number of aliphatic hydroxyl groups excluding tert-OH is 1. The Kier molecular flexibility index (Phi) is 3.71. The lowest BCUT2D eigenvalue weighted by atomic mass is 9.78. The maximum atomic E-state index is 9.93. The molecule has 0 bridgehead atoms. The van der Waals surface area contributed by atoms with Crippen molar-refractivity contribution in [1.82, 2.24) is 0 Å². The van der Waals surface area contributed by atoms with Gasteiger partial charge in [0.15, 0.2) is 0 Å². The summed E-state index contributed by atoms with van der Waals surface area (Å²) in [7, 11) is 0. The summed E-state index contributed by atoms with van der Waals surface area (Å²) in [6.45, 7) is 6.06. The molecule has 0 aromatic heterocycles. The van der Waals surface area contributed by atoms with Crippen molar-refractivity contribution in [3.63, 3.8) is 0 Å². The van der Waals surface area contributed by atoms with E-state index in [1.165, 1.54) is 5.57 Å². The van der Waals surface area contributed by atoms with Crippen LogP contribution in [0.2, 0.25) is 0 Å². The van der Waals surface area contributed by atoms with Crippen LogP contribution in [0.25, 0.3) is 0 Å². The average Bonchev–Trinajstić information content (AvgIpc) is 2.14. The molecule has 0 fully saturated rings. The van der Waals surface area contributed by atoms with Crippen LogP contribution in [0.15, 0.2) is 11.6 Å². The topological polar surface area (TPSA) is 44.0 Å². The van der Waals surface area contributed by atoms with Crippen LogP contribution in [-0.4, -0.2) is 11.2 Å². The largest absolute Gasteiger partial charge is 0.391 e. The SMILES string of the molecule is CC1=CC(C)CC(C(O)C(C)C#N)C1. The number of nitriles is 1. The van der Waals surface area contributed by atoms with Gasteiger partial charge in [0, 0.05) is 0 Å². The zero-order chi connectivity index (χ0) is 10.7. The molecule has 0 amide bonds. The second-order valence-corrected chi connectivity index (χ2v) is 4.60. The van der Waals surface area contributed by atoms with Gasteiger partial charge in [-0.05, 0) is 38.5 Å². The van der Waals surface area contributed by atoms with Gasteiger partial charge in [-0.15, -0.1) is 0 Å². The van der Waals surface area contributed by atoms with Crippen molar-refractivity contribution in [2.45, 2.75) is 39.7 Å². The van der Waals surface area contributed by atoms with Crippen LogP contribution in [0.3, 0.4) is 0 Å². The highest BCUT2D eigenvalue weighted by Gasteiger charge is 2.28. The van der Waals surface area contributed by atoms with Gasteiger partial charge in [-0.3, -0.25) is 0 Å². The molecule has 0 radical (unpaired) electrons. The minimum absolute atomic E-state index is 0.252. The summed E-state index contributed by atoms with van der Waals surface area (Å²) in [5.41, 5.74) is 1.35. The van der Waals surface area contributed by atoms with Crippen molar-refractivity contribution in [2.75, 3.05) is 0 Å². The smallest absolute Gasteiger partial charge is 0.0727 e. The van der Waals surface area contributed by atoms with Gasteiger partial charge in [-0.2, -0.15) is 5.26 Å². The summed E-state index contributed by atoms with van der Waals surface area (Å²) in [5.74, 6) is 0.553. The molecule has 0 aliphatic heterocycles. The van der Waals surface area contributed by atoms with E-state index in [9.17, 15) is 5.11 Å². The molecule has 1 aliphatic carbocycles. The molecular formula is C12H19NO. The lowest BCUT2D eigenvalue weighted by Gasteiger charge is -2.30. The molecule has 0 aromatic rings. The van der Waals surface area contributed by atoms with Gasteiger partial charge in [0.25, 0.3) is 0 Å². The third kappa shape index (κ3) is 2.59. The Hall–Kier alpha value is -0.810. The van der Waals surface area contributed by atoms with Gasteiger partial charge in [0.05, 0.1) is 18.1 Å². The van der Waals surface area contributed by atoms with Crippen LogP contribution in [0.1, 0.15) is 33.6 Å². The zero-order valence-corrected chi connectivity index (χ0v) is 9.20. The number of nitrogens with zero attached hydrogens (tertiary/aromatic N) is 1. The van der Waals surface area contributed by atoms with E-state index in [-0.39, 0.29) is 11.8 Å². The van der Waals surface area contributed by atoms with E-state index in [0.717, 1.165) is 12.8 Å². The monoisotopic (exact) mass is 193 g/mol. The molecule has 14 heavy (non-hydrogen) atoms. The quantitative estimate of drug-likeness (QED) is 0.685. The van der Waals surface area contributed by atoms with E-state index in [2.05, 4.69) is 26.0 Å². The molecule has 1 rings (SSSR count). The molecule has 2 heteroatoms. The van der Waals surface area contributed by atoms with Gasteiger partial charge in [0.1, 0.15) is 0 Å². The maximum absolute atomic E-state index is 9.93. The summed E-state index contributed by atoms with van der Waals surface area (Å²) in [6.07, 6.45) is 3.74. The third-order valence-corrected chi connectivity index (χ3v) is 3.03. The van der Waals surface area contributed by atoms with Crippen molar-refractivity contribution in [2.24, 2.45) is 17.8 Å². The van der Waals surface area contributed by atoms with Crippen molar-refractivity contribution >= 4 is 0 Å². The molecule has 1 N–H and O–H groups in total. The Balaban J connectivity index is 2.63. The maximum Gasteiger partial charge on any atom is 0.0727 e. The first-order valence-electron chi connectivity index (χ1n) is 5.29. The van der Waals surface area contributed by atoms with Crippen molar-refractivity contribution in [3.8, 4) is 6.07 Å². The van der Waals surface area contributed by atoms with Crippen LogP contribution in [-0.2, 0) is 0 Å². The van der Waals surface area contributed by atoms with E-state index in [1.54, 1.807) is 6.92 Å². The fourth-order valence-corrected chi connectivity index (χ4v) is 2.34. The van der Waals surface area contributed by atoms with E-state index >= 15 is 0 Å². The lowest BCUT2D eigenvalue weighted by Crippen LogP contribution is -2.30. The summed E-state index contributed by atoms with van der Waals surface area (Å²) < 4.78 is 0. The average molecular weight is 193 g/mol. The molecule has 78 valence electrons. The Morgan fingerprint density at radius 2 is 2.29 bits per heavy atom. The number of hydrogen-bond acceptors (Lipinski definition) is 2. The molecule has 1 aliphatic rings. The first-order valence-corrected chi connectivity index (χ1v) is 5.29. The second kappa shape index (κ2) is 4.61. The predicted octanol–water partition coefficient (Wildman–Crippen LogP) is 2.50. The molecule has 0 spiro atoms. The Bertz CT molecular complexity index is 264. The van der Waals surface area contributed by atoms with Crippen LogP contribution in [0, 0.1) is 29.1 Å². The minimum Gasteiger partial charge on any atom is -0.391 e. The normalized spacial score (nSPS) is 31.5. The fraction of sp³-hybridized carbons (Fsp3) is 0.750. The van der Waals surface area contributed by atoms with Crippen LogP contribution in [0.5, 0.6) is 0 Å². The summed E-state index contributed by atoms with van der Waals surface area (Å²) in [5, 5.41) is 18.7. The summed E-state index contributed by atoms with van der Waals surface area (Å²) >= 11 is 0. The fourth-order valence-electron chi connectivity index (χ4n) is 2.34. The number of allylic oxidation sites excluding steroid dienone is 2. The Labute approximate surface area is 86.2 Å². The predicted molar refractivity (Wildman–Crippen MR) is 56.4 cm³/mol. The highest BCUT2D eigenvalue weighted by molar-refractivity contribution is 5.08. The number of hydrogen-bond donors (Lipinski definition) is 1.